The van der Waals surface area contributed by atoms with Crippen molar-refractivity contribution in [1.29, 1.82) is 0 Å². The van der Waals surface area contributed by atoms with Crippen LogP contribution < -0.4 is 10.6 Å². The normalized spacial score (nSPS) is 29.8. The highest BCUT2D eigenvalue weighted by molar-refractivity contribution is 14.0. The van der Waals surface area contributed by atoms with E-state index >= 15 is 0 Å². The Hall–Kier alpha value is -0.0400. The summed E-state index contributed by atoms with van der Waals surface area (Å²) in [6.45, 7) is 7.42. The Morgan fingerprint density at radius 2 is 2.00 bits per heavy atom. The molecule has 112 valence electrons. The van der Waals surface area contributed by atoms with Gasteiger partial charge in [-0.25, -0.2) is 0 Å². The molecule has 2 aliphatic carbocycles. The van der Waals surface area contributed by atoms with Crippen LogP contribution in [0.3, 0.4) is 0 Å². The molecule has 19 heavy (non-hydrogen) atoms. The zero-order chi connectivity index (χ0) is 13.2. The molecule has 0 amide bonds. The van der Waals surface area contributed by atoms with Crippen molar-refractivity contribution in [3.63, 3.8) is 0 Å². The van der Waals surface area contributed by atoms with E-state index < -0.39 is 0 Å². The summed E-state index contributed by atoms with van der Waals surface area (Å²) < 4.78 is 5.49. The van der Waals surface area contributed by atoms with Gasteiger partial charge in [0.2, 0.25) is 0 Å². The van der Waals surface area contributed by atoms with Crippen molar-refractivity contribution < 1.29 is 4.74 Å². The topological polar surface area (TPSA) is 45.7 Å². The number of nitrogens with zero attached hydrogens (tertiary/aromatic N) is 1. The molecular formula is C14H28IN3O. The molecule has 0 aromatic rings. The first-order valence-corrected chi connectivity index (χ1v) is 7.18. The van der Waals surface area contributed by atoms with Gasteiger partial charge in [0, 0.05) is 31.2 Å². The summed E-state index contributed by atoms with van der Waals surface area (Å²) in [6.07, 6.45) is 5.33. The fourth-order valence-electron chi connectivity index (χ4n) is 2.73. The standard InChI is InChI=1S/C14H27N3O.HI/c1-5-15-13(16-10-7-6-8-10)17-11-9-12(18-4)14(11,2)3;/h10-12H,5-9H2,1-4H3,(H2,15,16,17);1H. The summed E-state index contributed by atoms with van der Waals surface area (Å²) in [7, 11) is 1.80. The highest BCUT2D eigenvalue weighted by Crippen LogP contribution is 2.42. The predicted octanol–water partition coefficient (Wildman–Crippen LogP) is 2.53. The molecule has 2 unspecified atom stereocenters. The third kappa shape index (κ3) is 3.74. The molecule has 2 N–H and O–H groups in total. The molecule has 0 spiro atoms. The molecule has 0 bridgehead atoms. The molecule has 2 atom stereocenters. The summed E-state index contributed by atoms with van der Waals surface area (Å²) in [6, 6.07) is 1.09. The van der Waals surface area contributed by atoms with Crippen LogP contribution in [0.15, 0.2) is 4.99 Å². The maximum Gasteiger partial charge on any atom is 0.191 e. The quantitative estimate of drug-likeness (QED) is 0.447. The van der Waals surface area contributed by atoms with Gasteiger partial charge in [-0.3, -0.25) is 4.99 Å². The van der Waals surface area contributed by atoms with Crippen LogP contribution in [0.2, 0.25) is 0 Å². The van der Waals surface area contributed by atoms with Gasteiger partial charge in [-0.15, -0.1) is 24.0 Å². The Kier molecular flexibility index (Phi) is 6.36. The number of methoxy groups -OCH3 is 1. The first-order chi connectivity index (χ1) is 8.57. The lowest BCUT2D eigenvalue weighted by atomic mass is 9.64. The first-order valence-electron chi connectivity index (χ1n) is 7.18. The van der Waals surface area contributed by atoms with Crippen molar-refractivity contribution in [1.82, 2.24) is 10.6 Å². The molecule has 0 aliphatic heterocycles. The lowest BCUT2D eigenvalue weighted by Gasteiger charge is -2.51. The maximum atomic E-state index is 5.49. The summed E-state index contributed by atoms with van der Waals surface area (Å²) in [5, 5.41) is 7.09. The van der Waals surface area contributed by atoms with E-state index in [-0.39, 0.29) is 29.4 Å². The minimum absolute atomic E-state index is 0. The second-order valence-corrected chi connectivity index (χ2v) is 6.07. The molecule has 0 radical (unpaired) electrons. The number of guanidine groups is 1. The fraction of sp³-hybridized carbons (Fsp3) is 0.929. The molecular weight excluding hydrogens is 353 g/mol. The Morgan fingerprint density at radius 3 is 2.42 bits per heavy atom. The smallest absolute Gasteiger partial charge is 0.191 e. The summed E-state index contributed by atoms with van der Waals surface area (Å²) in [4.78, 5) is 4.54. The molecule has 0 heterocycles. The van der Waals surface area contributed by atoms with Gasteiger partial charge < -0.3 is 15.4 Å². The molecule has 0 aromatic carbocycles. The van der Waals surface area contributed by atoms with Gasteiger partial charge in [-0.2, -0.15) is 0 Å². The van der Waals surface area contributed by atoms with Gasteiger partial charge in [0.25, 0.3) is 0 Å². The van der Waals surface area contributed by atoms with Crippen LogP contribution in [-0.2, 0) is 4.74 Å². The summed E-state index contributed by atoms with van der Waals surface area (Å²) in [5.74, 6) is 0.981. The van der Waals surface area contributed by atoms with E-state index in [1.54, 1.807) is 7.11 Å². The average molecular weight is 381 g/mol. The van der Waals surface area contributed by atoms with E-state index in [0.29, 0.717) is 18.2 Å². The average Bonchev–Trinajstić information content (AvgIpc) is 2.28. The minimum atomic E-state index is 0. The molecule has 0 aromatic heterocycles. The monoisotopic (exact) mass is 381 g/mol. The van der Waals surface area contributed by atoms with Crippen LogP contribution in [0.25, 0.3) is 0 Å². The van der Waals surface area contributed by atoms with Crippen molar-refractivity contribution in [3.05, 3.63) is 0 Å². The number of rotatable bonds is 4. The van der Waals surface area contributed by atoms with E-state index in [9.17, 15) is 0 Å². The van der Waals surface area contributed by atoms with Crippen molar-refractivity contribution in [2.24, 2.45) is 10.4 Å². The van der Waals surface area contributed by atoms with Crippen LogP contribution in [0, 0.1) is 5.41 Å². The zero-order valence-electron chi connectivity index (χ0n) is 12.5. The highest BCUT2D eigenvalue weighted by atomic mass is 127. The van der Waals surface area contributed by atoms with Crippen LogP contribution in [-0.4, -0.2) is 37.8 Å². The van der Waals surface area contributed by atoms with Gasteiger partial charge >= 0.3 is 0 Å². The maximum absolute atomic E-state index is 5.49. The molecule has 2 fully saturated rings. The first kappa shape index (κ1) is 17.0. The minimum Gasteiger partial charge on any atom is -0.381 e. The predicted molar refractivity (Wildman–Crippen MR) is 90.3 cm³/mol. The molecule has 2 aliphatic rings. The largest absolute Gasteiger partial charge is 0.381 e. The zero-order valence-corrected chi connectivity index (χ0v) is 14.9. The van der Waals surface area contributed by atoms with Gasteiger partial charge in [-0.05, 0) is 32.6 Å². The van der Waals surface area contributed by atoms with E-state index in [1.165, 1.54) is 19.3 Å². The number of nitrogens with one attached hydrogen (secondary N) is 2. The number of hydrogen-bond donors (Lipinski definition) is 2. The van der Waals surface area contributed by atoms with Crippen LogP contribution >= 0.6 is 24.0 Å². The van der Waals surface area contributed by atoms with Gasteiger partial charge in [0.15, 0.2) is 5.96 Å². The Morgan fingerprint density at radius 1 is 1.32 bits per heavy atom. The number of aliphatic imine (C=N–C) groups is 1. The van der Waals surface area contributed by atoms with Crippen LogP contribution in [0.5, 0.6) is 0 Å². The summed E-state index contributed by atoms with van der Waals surface area (Å²) >= 11 is 0. The fourth-order valence-corrected chi connectivity index (χ4v) is 2.73. The second-order valence-electron chi connectivity index (χ2n) is 6.07. The van der Waals surface area contributed by atoms with Gasteiger partial charge in [0.05, 0.1) is 6.10 Å². The SMILES string of the molecule is CCN=C(NC1CCC1)NC1CC(OC)C1(C)C.I. The van der Waals surface area contributed by atoms with E-state index in [4.69, 9.17) is 4.74 Å². The third-order valence-corrected chi connectivity index (χ3v) is 4.54. The molecule has 4 nitrogen and oxygen atoms in total. The van der Waals surface area contributed by atoms with Gasteiger partial charge in [0.1, 0.15) is 0 Å². The molecule has 2 rings (SSSR count). The number of ether oxygens (including phenoxy) is 1. The van der Waals surface area contributed by atoms with Crippen molar-refractivity contribution >= 4 is 29.9 Å². The molecule has 2 saturated carbocycles. The Labute approximate surface area is 134 Å². The molecule has 5 heteroatoms. The Balaban J connectivity index is 0.00000180. The highest BCUT2D eigenvalue weighted by Gasteiger charge is 2.49. The van der Waals surface area contributed by atoms with Crippen LogP contribution in [0.4, 0.5) is 0 Å². The van der Waals surface area contributed by atoms with Gasteiger partial charge in [-0.1, -0.05) is 13.8 Å². The number of halogens is 1. The van der Waals surface area contributed by atoms with Crippen molar-refractivity contribution in [2.75, 3.05) is 13.7 Å². The van der Waals surface area contributed by atoms with Crippen molar-refractivity contribution in [3.8, 4) is 0 Å². The summed E-state index contributed by atoms with van der Waals surface area (Å²) in [5.41, 5.74) is 0.185. The third-order valence-electron chi connectivity index (χ3n) is 4.54. The van der Waals surface area contributed by atoms with Crippen LogP contribution in [0.1, 0.15) is 46.5 Å². The van der Waals surface area contributed by atoms with Crippen molar-refractivity contribution in [2.45, 2.75) is 64.6 Å². The van der Waals surface area contributed by atoms with E-state index in [0.717, 1.165) is 18.9 Å². The van der Waals surface area contributed by atoms with E-state index in [1.807, 2.05) is 0 Å². The molecule has 0 saturated heterocycles. The number of hydrogen-bond acceptors (Lipinski definition) is 2. The van der Waals surface area contributed by atoms with E-state index in [2.05, 4.69) is 36.4 Å². The Bertz CT molecular complexity index is 316. The second kappa shape index (κ2) is 7.11. The lowest BCUT2D eigenvalue weighted by molar-refractivity contribution is -0.0923. The lowest BCUT2D eigenvalue weighted by Crippen LogP contribution is -2.64.